The van der Waals surface area contributed by atoms with E-state index in [1.807, 2.05) is 24.3 Å². The van der Waals surface area contributed by atoms with E-state index in [0.717, 1.165) is 12.1 Å². The van der Waals surface area contributed by atoms with Crippen molar-refractivity contribution in [2.45, 2.75) is 30.7 Å². The molecule has 0 unspecified atom stereocenters. The van der Waals surface area contributed by atoms with Crippen LogP contribution in [0.1, 0.15) is 19.4 Å². The van der Waals surface area contributed by atoms with Crippen molar-refractivity contribution < 1.29 is 9.18 Å². The summed E-state index contributed by atoms with van der Waals surface area (Å²) in [5.74, 6) is -0.0519. The molecular weight excluding hydrogens is 363 g/mol. The van der Waals surface area contributed by atoms with E-state index in [4.69, 9.17) is 0 Å². The van der Waals surface area contributed by atoms with E-state index in [2.05, 4.69) is 22.4 Å². The summed E-state index contributed by atoms with van der Waals surface area (Å²) >= 11 is 1.28. The quantitative estimate of drug-likeness (QED) is 0.644. The fourth-order valence-electron chi connectivity index (χ4n) is 2.57. The third-order valence-electron chi connectivity index (χ3n) is 4.23. The minimum atomic E-state index is -0.382. The molecule has 0 fully saturated rings. The number of hydrogen-bond acceptors (Lipinski definition) is 4. The molecule has 7 heteroatoms. The van der Waals surface area contributed by atoms with Crippen LogP contribution in [0.2, 0.25) is 0 Å². The molecule has 1 heterocycles. The molecule has 27 heavy (non-hydrogen) atoms. The number of benzene rings is 2. The zero-order valence-corrected chi connectivity index (χ0v) is 16.3. The highest BCUT2D eigenvalue weighted by Gasteiger charge is 2.20. The summed E-state index contributed by atoms with van der Waals surface area (Å²) < 4.78 is 15.7. The van der Waals surface area contributed by atoms with E-state index in [1.165, 1.54) is 23.4 Å². The Morgan fingerprint density at radius 3 is 2.56 bits per heavy atom. The largest absolute Gasteiger partial charge is 0.325 e. The normalized spacial score (nSPS) is 12.0. The molecule has 140 valence electrons. The number of nitrogens with one attached hydrogen (secondary N) is 1. The van der Waals surface area contributed by atoms with Crippen molar-refractivity contribution in [2.75, 3.05) is 5.32 Å². The van der Waals surface area contributed by atoms with Gasteiger partial charge in [0, 0.05) is 12.7 Å². The number of carbonyl (C=O) groups excluding carboxylic acids is 1. The van der Waals surface area contributed by atoms with Gasteiger partial charge in [-0.15, -0.1) is 10.2 Å². The van der Waals surface area contributed by atoms with Crippen LogP contribution in [-0.4, -0.2) is 25.9 Å². The lowest BCUT2D eigenvalue weighted by atomic mass is 10.1. The van der Waals surface area contributed by atoms with Gasteiger partial charge in [0.2, 0.25) is 5.91 Å². The van der Waals surface area contributed by atoms with Crippen molar-refractivity contribution in [3.8, 4) is 11.4 Å². The molecule has 0 saturated carbocycles. The van der Waals surface area contributed by atoms with Crippen LogP contribution >= 0.6 is 11.8 Å². The maximum atomic E-state index is 14.0. The lowest BCUT2D eigenvalue weighted by Gasteiger charge is -2.12. The number of nitrogens with zero attached hydrogens (tertiary/aromatic N) is 3. The molecule has 3 rings (SSSR count). The molecule has 0 aliphatic carbocycles. The minimum absolute atomic E-state index is 0.125. The Hall–Kier alpha value is -2.67. The van der Waals surface area contributed by atoms with Crippen molar-refractivity contribution in [3.63, 3.8) is 0 Å². The van der Waals surface area contributed by atoms with E-state index in [-0.39, 0.29) is 17.0 Å². The lowest BCUT2D eigenvalue weighted by Crippen LogP contribution is -2.22. The summed E-state index contributed by atoms with van der Waals surface area (Å²) in [6, 6.07) is 14.2. The van der Waals surface area contributed by atoms with Gasteiger partial charge in [-0.05, 0) is 43.2 Å². The van der Waals surface area contributed by atoms with Crippen LogP contribution in [0.4, 0.5) is 10.1 Å². The maximum absolute atomic E-state index is 14.0. The van der Waals surface area contributed by atoms with Crippen molar-refractivity contribution in [3.05, 3.63) is 59.9 Å². The Balaban J connectivity index is 1.69. The number of thioether (sulfide) groups is 1. The summed E-state index contributed by atoms with van der Waals surface area (Å²) in [4.78, 5) is 12.5. The Kier molecular flexibility index (Phi) is 5.91. The van der Waals surface area contributed by atoms with Gasteiger partial charge >= 0.3 is 0 Å². The highest BCUT2D eigenvalue weighted by Crippen LogP contribution is 2.27. The molecule has 5 nitrogen and oxygen atoms in total. The van der Waals surface area contributed by atoms with Gasteiger partial charge in [0.25, 0.3) is 0 Å². The van der Waals surface area contributed by atoms with E-state index >= 15 is 0 Å². The molecule has 1 aromatic heterocycles. The lowest BCUT2D eigenvalue weighted by molar-refractivity contribution is -0.115. The number of carbonyl (C=O) groups is 1. The standard InChI is InChI=1S/C20H21FN4OS/c1-4-14-9-11-15(12-10-14)22-19(26)13(2)27-20-24-23-18(25(20)3)16-7-5-6-8-17(16)21/h5-13H,4H2,1-3H3,(H,22,26)/t13-/m0/s1. The van der Waals surface area contributed by atoms with Crippen molar-refractivity contribution in [1.29, 1.82) is 0 Å². The van der Waals surface area contributed by atoms with Gasteiger partial charge in [0.15, 0.2) is 11.0 Å². The molecule has 0 spiro atoms. The topological polar surface area (TPSA) is 59.8 Å². The highest BCUT2D eigenvalue weighted by molar-refractivity contribution is 8.00. The molecule has 1 amide bonds. The van der Waals surface area contributed by atoms with Crippen molar-refractivity contribution in [1.82, 2.24) is 14.8 Å². The first-order valence-corrected chi connectivity index (χ1v) is 9.58. The van der Waals surface area contributed by atoms with Gasteiger partial charge in [0.1, 0.15) is 5.82 Å². The van der Waals surface area contributed by atoms with Crippen LogP contribution in [-0.2, 0) is 18.3 Å². The highest BCUT2D eigenvalue weighted by atomic mass is 32.2. The number of aromatic nitrogens is 3. The van der Waals surface area contributed by atoms with Gasteiger partial charge < -0.3 is 9.88 Å². The first-order valence-electron chi connectivity index (χ1n) is 8.70. The van der Waals surface area contributed by atoms with E-state index in [1.54, 1.807) is 36.7 Å². The van der Waals surface area contributed by atoms with Crippen LogP contribution in [0.3, 0.4) is 0 Å². The van der Waals surface area contributed by atoms with Crippen molar-refractivity contribution in [2.24, 2.45) is 7.05 Å². The Morgan fingerprint density at radius 1 is 1.19 bits per heavy atom. The van der Waals surface area contributed by atoms with E-state index < -0.39 is 0 Å². The molecule has 1 atom stereocenters. The van der Waals surface area contributed by atoms with Crippen LogP contribution < -0.4 is 5.32 Å². The SMILES string of the molecule is CCc1ccc(NC(=O)[C@H](C)Sc2nnc(-c3ccccc3F)n2C)cc1. The number of rotatable bonds is 6. The van der Waals surface area contributed by atoms with Gasteiger partial charge in [-0.2, -0.15) is 0 Å². The summed E-state index contributed by atoms with van der Waals surface area (Å²) in [5.41, 5.74) is 2.36. The second-order valence-corrected chi connectivity index (χ2v) is 7.45. The number of amides is 1. The predicted molar refractivity (Wildman–Crippen MR) is 106 cm³/mol. The fraction of sp³-hybridized carbons (Fsp3) is 0.250. The molecule has 3 aromatic rings. The molecule has 0 aliphatic rings. The fourth-order valence-corrected chi connectivity index (χ4v) is 3.39. The first-order chi connectivity index (χ1) is 13.0. The number of aryl methyl sites for hydroxylation is 1. The zero-order chi connectivity index (χ0) is 19.4. The average molecular weight is 384 g/mol. The third kappa shape index (κ3) is 4.36. The molecule has 1 N–H and O–H groups in total. The molecule has 0 radical (unpaired) electrons. The van der Waals surface area contributed by atoms with Gasteiger partial charge in [-0.1, -0.05) is 43.0 Å². The summed E-state index contributed by atoms with van der Waals surface area (Å²) in [5, 5.41) is 11.3. The summed E-state index contributed by atoms with van der Waals surface area (Å²) in [6.45, 7) is 3.89. The van der Waals surface area contributed by atoms with Gasteiger partial charge in [-0.25, -0.2) is 4.39 Å². The Bertz CT molecular complexity index is 939. The number of hydrogen-bond donors (Lipinski definition) is 1. The van der Waals surface area contributed by atoms with E-state index in [9.17, 15) is 9.18 Å². The molecule has 2 aromatic carbocycles. The second kappa shape index (κ2) is 8.35. The van der Waals surface area contributed by atoms with Crippen LogP contribution in [0.25, 0.3) is 11.4 Å². The average Bonchev–Trinajstić information content (AvgIpc) is 3.03. The second-order valence-electron chi connectivity index (χ2n) is 6.14. The maximum Gasteiger partial charge on any atom is 0.237 e. The molecular formula is C20H21FN4OS. The smallest absolute Gasteiger partial charge is 0.237 e. The Morgan fingerprint density at radius 2 is 1.89 bits per heavy atom. The first kappa shape index (κ1) is 19.1. The van der Waals surface area contributed by atoms with Crippen LogP contribution in [0, 0.1) is 5.82 Å². The molecule has 0 saturated heterocycles. The monoisotopic (exact) mass is 384 g/mol. The van der Waals surface area contributed by atoms with Gasteiger partial charge in [-0.3, -0.25) is 4.79 Å². The third-order valence-corrected chi connectivity index (χ3v) is 5.36. The number of anilines is 1. The summed E-state index contributed by atoms with van der Waals surface area (Å²) in [7, 11) is 1.76. The predicted octanol–water partition coefficient (Wildman–Crippen LogP) is 4.30. The van der Waals surface area contributed by atoms with Crippen LogP contribution in [0.15, 0.2) is 53.7 Å². The molecule has 0 bridgehead atoms. The van der Waals surface area contributed by atoms with Crippen molar-refractivity contribution >= 4 is 23.4 Å². The number of halogens is 1. The molecule has 0 aliphatic heterocycles. The Labute approximate surface area is 162 Å². The van der Waals surface area contributed by atoms with E-state index in [0.29, 0.717) is 16.5 Å². The van der Waals surface area contributed by atoms with Crippen LogP contribution in [0.5, 0.6) is 0 Å². The minimum Gasteiger partial charge on any atom is -0.325 e. The van der Waals surface area contributed by atoms with Gasteiger partial charge in [0.05, 0.1) is 10.8 Å². The zero-order valence-electron chi connectivity index (χ0n) is 15.4. The summed E-state index contributed by atoms with van der Waals surface area (Å²) in [6.07, 6.45) is 0.955.